The molecule has 0 aliphatic carbocycles. The summed E-state index contributed by atoms with van der Waals surface area (Å²) in [7, 11) is 0. The van der Waals surface area contributed by atoms with Gasteiger partial charge in [-0.05, 0) is 103 Å². The highest BCUT2D eigenvalue weighted by atomic mass is 16.6. The summed E-state index contributed by atoms with van der Waals surface area (Å²) in [5.41, 5.74) is 0. The van der Waals surface area contributed by atoms with Gasteiger partial charge < -0.3 is 14.2 Å². The van der Waals surface area contributed by atoms with Gasteiger partial charge in [0.05, 0.1) is 0 Å². The van der Waals surface area contributed by atoms with Crippen molar-refractivity contribution in [3.05, 3.63) is 48.6 Å². The molecule has 6 nitrogen and oxygen atoms in total. The molecule has 0 saturated carbocycles. The number of hydrogen-bond donors (Lipinski definition) is 0. The van der Waals surface area contributed by atoms with Crippen molar-refractivity contribution in [2.45, 2.75) is 297 Å². The van der Waals surface area contributed by atoms with Gasteiger partial charge in [-0.1, -0.05) is 217 Å². The van der Waals surface area contributed by atoms with E-state index in [0.29, 0.717) is 19.3 Å². The molecule has 0 heterocycles. The van der Waals surface area contributed by atoms with Gasteiger partial charge in [-0.3, -0.25) is 14.4 Å². The summed E-state index contributed by atoms with van der Waals surface area (Å²) >= 11 is 0. The molecule has 0 radical (unpaired) electrons. The summed E-state index contributed by atoms with van der Waals surface area (Å²) in [6, 6.07) is 0. The van der Waals surface area contributed by atoms with Gasteiger partial charge >= 0.3 is 17.9 Å². The van der Waals surface area contributed by atoms with Gasteiger partial charge in [-0.25, -0.2) is 0 Å². The van der Waals surface area contributed by atoms with E-state index < -0.39 is 6.10 Å². The lowest BCUT2D eigenvalue weighted by atomic mass is 10.1. The Morgan fingerprint density at radius 2 is 0.554 bits per heavy atom. The molecule has 0 N–H and O–H groups in total. The van der Waals surface area contributed by atoms with Crippen molar-refractivity contribution in [1.82, 2.24) is 0 Å². The molecule has 0 aliphatic rings. The summed E-state index contributed by atoms with van der Waals surface area (Å²) in [5, 5.41) is 0. The SMILES string of the molecule is CCCCC/C=C\C/C=C\CCCCCCCCCC(=O)OC[C@@H](COC(=O)CCCCCCC/C=C\CCCCCCC)OC(=O)CCCCCCC/C=C\CCCCCCCCC. The van der Waals surface area contributed by atoms with E-state index in [1.807, 2.05) is 0 Å². The molecule has 0 amide bonds. The molecule has 0 unspecified atom stereocenters. The Balaban J connectivity index is 4.39. The Hall–Kier alpha value is -2.63. The average molecular weight is 911 g/mol. The zero-order chi connectivity index (χ0) is 47.2. The van der Waals surface area contributed by atoms with Crippen LogP contribution in [0.1, 0.15) is 290 Å². The summed E-state index contributed by atoms with van der Waals surface area (Å²) in [5.74, 6) is -0.895. The Morgan fingerprint density at radius 1 is 0.308 bits per heavy atom. The number of hydrogen-bond acceptors (Lipinski definition) is 6. The number of carbonyl (C=O) groups is 3. The number of rotatable bonds is 51. The molecule has 378 valence electrons. The summed E-state index contributed by atoms with van der Waals surface area (Å²) in [6.45, 7) is 6.61. The summed E-state index contributed by atoms with van der Waals surface area (Å²) in [4.78, 5) is 38.1. The normalized spacial score (nSPS) is 12.4. The number of carbonyl (C=O) groups excluding carboxylic acids is 3. The molecule has 0 aliphatic heterocycles. The lowest BCUT2D eigenvalue weighted by Crippen LogP contribution is -2.30. The Bertz CT molecular complexity index is 1140. The van der Waals surface area contributed by atoms with Gasteiger partial charge in [0.1, 0.15) is 13.2 Å². The van der Waals surface area contributed by atoms with Crippen molar-refractivity contribution in [3.63, 3.8) is 0 Å². The van der Waals surface area contributed by atoms with Crippen LogP contribution in [-0.2, 0) is 28.6 Å². The van der Waals surface area contributed by atoms with Crippen molar-refractivity contribution in [2.24, 2.45) is 0 Å². The van der Waals surface area contributed by atoms with Crippen LogP contribution in [-0.4, -0.2) is 37.2 Å². The fraction of sp³-hybridized carbons (Fsp3) is 0.814. The molecule has 0 bridgehead atoms. The van der Waals surface area contributed by atoms with Crippen molar-refractivity contribution < 1.29 is 28.6 Å². The van der Waals surface area contributed by atoms with Gasteiger partial charge in [0.25, 0.3) is 0 Å². The van der Waals surface area contributed by atoms with Gasteiger partial charge in [0, 0.05) is 19.3 Å². The number of allylic oxidation sites excluding steroid dienone is 8. The largest absolute Gasteiger partial charge is 0.462 e. The van der Waals surface area contributed by atoms with Crippen LogP contribution in [0.5, 0.6) is 0 Å². The Kier molecular flexibility index (Phi) is 51.8. The van der Waals surface area contributed by atoms with Crippen LogP contribution in [0.4, 0.5) is 0 Å². The first kappa shape index (κ1) is 62.4. The Labute approximate surface area is 403 Å². The second-order valence-electron chi connectivity index (χ2n) is 18.8. The highest BCUT2D eigenvalue weighted by molar-refractivity contribution is 5.71. The first-order valence-electron chi connectivity index (χ1n) is 28.1. The van der Waals surface area contributed by atoms with E-state index >= 15 is 0 Å². The molecule has 0 rings (SSSR count). The second kappa shape index (κ2) is 54.0. The molecule has 0 spiro atoms. The van der Waals surface area contributed by atoms with Crippen LogP contribution in [0, 0.1) is 0 Å². The molecule has 0 aromatic heterocycles. The quantitative estimate of drug-likeness (QED) is 0.0262. The van der Waals surface area contributed by atoms with Crippen LogP contribution >= 0.6 is 0 Å². The first-order chi connectivity index (χ1) is 32.0. The number of esters is 3. The maximum absolute atomic E-state index is 12.8. The highest BCUT2D eigenvalue weighted by Crippen LogP contribution is 2.15. The minimum atomic E-state index is -0.783. The van der Waals surface area contributed by atoms with Gasteiger partial charge in [0.15, 0.2) is 6.10 Å². The molecule has 0 saturated heterocycles. The third-order valence-electron chi connectivity index (χ3n) is 12.3. The minimum Gasteiger partial charge on any atom is -0.462 e. The average Bonchev–Trinajstić information content (AvgIpc) is 3.30. The standard InChI is InChI=1S/C59H106O6/c1-4-7-10-13-16-19-22-25-28-30-32-34-37-40-43-46-49-52-58(61)64-55-56(54-63-57(60)51-48-45-42-39-36-33-27-24-21-18-15-12-9-6-3)65-59(62)53-50-47-44-41-38-35-31-29-26-23-20-17-14-11-8-5-2/h16,19,24-25,27-29,31,56H,4-15,17-18,20-23,26,30,32-55H2,1-3H3/b19-16-,27-24-,28-25-,31-29-/t56-/m1/s1. The minimum absolute atomic E-state index is 0.0820. The zero-order valence-electron chi connectivity index (χ0n) is 43.3. The number of unbranched alkanes of at least 4 members (excludes halogenated alkanes) is 32. The summed E-state index contributed by atoms with van der Waals surface area (Å²) in [6.07, 6.45) is 65.2. The van der Waals surface area contributed by atoms with Crippen LogP contribution in [0.2, 0.25) is 0 Å². The topological polar surface area (TPSA) is 78.9 Å². The predicted molar refractivity (Wildman–Crippen MR) is 279 cm³/mol. The maximum atomic E-state index is 12.8. The monoisotopic (exact) mass is 911 g/mol. The third-order valence-corrected chi connectivity index (χ3v) is 12.3. The van der Waals surface area contributed by atoms with Gasteiger partial charge in [-0.2, -0.15) is 0 Å². The maximum Gasteiger partial charge on any atom is 0.306 e. The van der Waals surface area contributed by atoms with Crippen molar-refractivity contribution in [1.29, 1.82) is 0 Å². The van der Waals surface area contributed by atoms with E-state index in [2.05, 4.69) is 69.4 Å². The smallest absolute Gasteiger partial charge is 0.306 e. The highest BCUT2D eigenvalue weighted by Gasteiger charge is 2.19. The van der Waals surface area contributed by atoms with E-state index in [1.165, 1.54) is 161 Å². The summed E-state index contributed by atoms with van der Waals surface area (Å²) < 4.78 is 16.8. The van der Waals surface area contributed by atoms with E-state index in [0.717, 1.165) is 89.9 Å². The van der Waals surface area contributed by atoms with Crippen LogP contribution < -0.4 is 0 Å². The molecule has 65 heavy (non-hydrogen) atoms. The Morgan fingerprint density at radius 3 is 0.892 bits per heavy atom. The fourth-order valence-electron chi connectivity index (χ4n) is 7.99. The van der Waals surface area contributed by atoms with E-state index in [-0.39, 0.29) is 31.1 Å². The van der Waals surface area contributed by atoms with Crippen molar-refractivity contribution >= 4 is 17.9 Å². The van der Waals surface area contributed by atoms with Crippen molar-refractivity contribution in [3.8, 4) is 0 Å². The lowest BCUT2D eigenvalue weighted by molar-refractivity contribution is -0.167. The van der Waals surface area contributed by atoms with Crippen LogP contribution in [0.15, 0.2) is 48.6 Å². The second-order valence-corrected chi connectivity index (χ2v) is 18.8. The first-order valence-corrected chi connectivity index (χ1v) is 28.1. The molecule has 0 aromatic carbocycles. The van der Waals surface area contributed by atoms with E-state index in [4.69, 9.17) is 14.2 Å². The zero-order valence-corrected chi connectivity index (χ0v) is 43.3. The third kappa shape index (κ3) is 52.2. The predicted octanol–water partition coefficient (Wildman–Crippen LogP) is 18.7. The molecular formula is C59H106O6. The molecule has 1 atom stereocenters. The fourth-order valence-corrected chi connectivity index (χ4v) is 7.99. The van der Waals surface area contributed by atoms with Gasteiger partial charge in [0.2, 0.25) is 0 Å². The molecular weight excluding hydrogens is 805 g/mol. The molecule has 0 aromatic rings. The van der Waals surface area contributed by atoms with Crippen LogP contribution in [0.25, 0.3) is 0 Å². The van der Waals surface area contributed by atoms with Gasteiger partial charge in [-0.15, -0.1) is 0 Å². The van der Waals surface area contributed by atoms with Crippen molar-refractivity contribution in [2.75, 3.05) is 13.2 Å². The lowest BCUT2D eigenvalue weighted by Gasteiger charge is -2.18. The molecule has 6 heteroatoms. The number of ether oxygens (including phenoxy) is 3. The van der Waals surface area contributed by atoms with Crippen LogP contribution in [0.3, 0.4) is 0 Å². The molecule has 0 fully saturated rings. The van der Waals surface area contributed by atoms with E-state index in [1.54, 1.807) is 0 Å². The van der Waals surface area contributed by atoms with E-state index in [9.17, 15) is 14.4 Å².